The molecule has 1 aliphatic rings. The molecule has 1 unspecified atom stereocenters. The first-order chi connectivity index (χ1) is 17.9. The Morgan fingerprint density at radius 3 is 2.73 bits per heavy atom. The van der Waals surface area contributed by atoms with E-state index < -0.39 is 0 Å². The average molecular weight is 499 g/mol. The first kappa shape index (κ1) is 22.8. The number of fused-ring (bicyclic) bond motifs is 1. The molecular formula is C24H26N12O. The summed E-state index contributed by atoms with van der Waals surface area (Å²) in [5, 5.41) is 20.6. The molecule has 4 heterocycles. The number of benzene rings is 1. The van der Waals surface area contributed by atoms with Crippen LogP contribution >= 0.6 is 0 Å². The highest BCUT2D eigenvalue weighted by molar-refractivity contribution is 5.93. The van der Waals surface area contributed by atoms with Crippen molar-refractivity contribution in [3.05, 3.63) is 53.1 Å². The molecule has 0 amide bonds. The molecule has 0 spiro atoms. The van der Waals surface area contributed by atoms with E-state index in [2.05, 4.69) is 35.8 Å². The van der Waals surface area contributed by atoms with Crippen LogP contribution in [-0.4, -0.2) is 49.5 Å². The molecule has 1 aliphatic carbocycles. The molecule has 188 valence electrons. The Morgan fingerprint density at radius 1 is 1.22 bits per heavy atom. The molecule has 1 fully saturated rings. The van der Waals surface area contributed by atoms with Crippen LogP contribution in [-0.2, 0) is 14.1 Å². The molecule has 0 bridgehead atoms. The minimum Gasteiger partial charge on any atom is -0.383 e. The topological polar surface area (TPSA) is 160 Å². The SMILES string of the molecule is CCC(Nc1ncnc(N)c1-c1nnn(C)n1)c1nc2cccc(-c3cnn(C)c3)c2c(=O)n1C1CC1. The molecule has 1 atom stereocenters. The van der Waals surface area contributed by atoms with E-state index in [1.54, 1.807) is 17.9 Å². The normalized spacial score (nSPS) is 14.2. The molecule has 0 radical (unpaired) electrons. The Hall–Kier alpha value is -4.68. The number of hydrogen-bond donors (Lipinski definition) is 2. The zero-order chi connectivity index (χ0) is 25.7. The van der Waals surface area contributed by atoms with Gasteiger partial charge in [0.05, 0.1) is 30.2 Å². The van der Waals surface area contributed by atoms with Crippen LogP contribution in [0.1, 0.15) is 44.1 Å². The van der Waals surface area contributed by atoms with Crippen molar-refractivity contribution in [2.45, 2.75) is 38.3 Å². The van der Waals surface area contributed by atoms with Gasteiger partial charge in [0, 0.05) is 24.8 Å². The summed E-state index contributed by atoms with van der Waals surface area (Å²) in [6.45, 7) is 2.03. The fraction of sp³-hybridized carbons (Fsp3) is 0.333. The van der Waals surface area contributed by atoms with Gasteiger partial charge >= 0.3 is 0 Å². The lowest BCUT2D eigenvalue weighted by Gasteiger charge is -2.23. The zero-order valence-electron chi connectivity index (χ0n) is 20.7. The second-order valence-corrected chi connectivity index (χ2v) is 9.17. The summed E-state index contributed by atoms with van der Waals surface area (Å²) in [5.74, 6) is 1.65. The molecule has 6 rings (SSSR count). The van der Waals surface area contributed by atoms with Gasteiger partial charge in [0.15, 0.2) is 0 Å². The number of nitrogens with one attached hydrogen (secondary N) is 1. The Bertz CT molecular complexity index is 1680. The number of aromatic nitrogens is 10. The highest BCUT2D eigenvalue weighted by atomic mass is 16.1. The highest BCUT2D eigenvalue weighted by Gasteiger charge is 2.32. The van der Waals surface area contributed by atoms with Gasteiger partial charge in [0.1, 0.15) is 29.4 Å². The van der Waals surface area contributed by atoms with E-state index in [0.29, 0.717) is 40.4 Å². The Kier molecular flexibility index (Phi) is 5.39. The minimum atomic E-state index is -0.329. The minimum absolute atomic E-state index is 0.0554. The number of tetrazole rings is 1. The van der Waals surface area contributed by atoms with Gasteiger partial charge in [-0.25, -0.2) is 15.0 Å². The smallest absolute Gasteiger partial charge is 0.262 e. The van der Waals surface area contributed by atoms with Gasteiger partial charge in [-0.2, -0.15) is 9.90 Å². The number of rotatable bonds is 7. The second-order valence-electron chi connectivity index (χ2n) is 9.17. The summed E-state index contributed by atoms with van der Waals surface area (Å²) in [6.07, 6.45) is 7.56. The summed E-state index contributed by atoms with van der Waals surface area (Å²) in [4.78, 5) is 29.0. The predicted octanol–water partition coefficient (Wildman–Crippen LogP) is 2.26. The number of nitrogen functional groups attached to an aromatic ring is 1. The van der Waals surface area contributed by atoms with Gasteiger partial charge in [-0.15, -0.1) is 10.2 Å². The summed E-state index contributed by atoms with van der Waals surface area (Å²) in [5.41, 5.74) is 8.93. The molecule has 5 aromatic rings. The van der Waals surface area contributed by atoms with Crippen LogP contribution in [0.3, 0.4) is 0 Å². The van der Waals surface area contributed by atoms with E-state index in [0.717, 1.165) is 24.0 Å². The molecule has 1 saturated carbocycles. The van der Waals surface area contributed by atoms with Gasteiger partial charge in [-0.1, -0.05) is 19.1 Å². The molecule has 0 saturated heterocycles. The molecular weight excluding hydrogens is 472 g/mol. The third kappa shape index (κ3) is 3.97. The lowest BCUT2D eigenvalue weighted by molar-refractivity contribution is 0.579. The average Bonchev–Trinajstić information content (AvgIpc) is 3.48. The number of nitrogens with zero attached hydrogens (tertiary/aromatic N) is 10. The molecule has 4 aromatic heterocycles. The summed E-state index contributed by atoms with van der Waals surface area (Å²) in [6, 6.07) is 5.51. The lowest BCUT2D eigenvalue weighted by atomic mass is 10.0. The van der Waals surface area contributed by atoms with Crippen molar-refractivity contribution in [3.63, 3.8) is 0 Å². The Labute approximate surface area is 211 Å². The first-order valence-electron chi connectivity index (χ1n) is 12.1. The number of hydrogen-bond acceptors (Lipinski definition) is 10. The third-order valence-corrected chi connectivity index (χ3v) is 6.52. The van der Waals surface area contributed by atoms with Crippen LogP contribution in [0.15, 0.2) is 41.7 Å². The van der Waals surface area contributed by atoms with Crippen LogP contribution < -0.4 is 16.6 Å². The van der Waals surface area contributed by atoms with Gasteiger partial charge < -0.3 is 11.1 Å². The summed E-state index contributed by atoms with van der Waals surface area (Å²) in [7, 11) is 3.53. The Balaban J connectivity index is 1.50. The van der Waals surface area contributed by atoms with E-state index in [4.69, 9.17) is 10.7 Å². The van der Waals surface area contributed by atoms with Crippen molar-refractivity contribution in [1.29, 1.82) is 0 Å². The number of anilines is 2. The van der Waals surface area contributed by atoms with E-state index in [-0.39, 0.29) is 23.5 Å². The zero-order valence-corrected chi connectivity index (χ0v) is 20.7. The van der Waals surface area contributed by atoms with Crippen molar-refractivity contribution in [2.75, 3.05) is 11.1 Å². The van der Waals surface area contributed by atoms with Crippen LogP contribution in [0, 0.1) is 0 Å². The second kappa shape index (κ2) is 8.76. The van der Waals surface area contributed by atoms with Crippen molar-refractivity contribution in [3.8, 4) is 22.5 Å². The van der Waals surface area contributed by atoms with Gasteiger partial charge in [-0.3, -0.25) is 14.0 Å². The van der Waals surface area contributed by atoms with Gasteiger partial charge in [0.25, 0.3) is 5.56 Å². The van der Waals surface area contributed by atoms with Crippen LogP contribution in [0.2, 0.25) is 0 Å². The number of nitrogens with two attached hydrogens (primary N) is 1. The standard InChI is InChI=1S/C24H26N12O/c1-4-16(29-21-19(20(25)26-12-27-21)22-31-33-35(3)32-22)23-30-17-7-5-6-15(13-10-28-34(2)11-13)18(17)24(37)36(23)14-8-9-14/h5-7,10-12,14,16H,4,8-9H2,1-3H3,(H3,25,26,27,29). The number of aryl methyl sites for hydroxylation is 2. The van der Waals surface area contributed by atoms with Crippen molar-refractivity contribution >= 4 is 22.5 Å². The maximum absolute atomic E-state index is 14.0. The van der Waals surface area contributed by atoms with E-state index >= 15 is 0 Å². The molecule has 3 N–H and O–H groups in total. The first-order valence-corrected chi connectivity index (χ1v) is 12.1. The van der Waals surface area contributed by atoms with E-state index in [9.17, 15) is 4.79 Å². The molecule has 0 aliphatic heterocycles. The van der Waals surface area contributed by atoms with Gasteiger partial charge in [-0.05, 0) is 36.1 Å². The van der Waals surface area contributed by atoms with E-state index in [1.165, 1.54) is 11.1 Å². The monoisotopic (exact) mass is 498 g/mol. The van der Waals surface area contributed by atoms with Crippen molar-refractivity contribution in [1.82, 2.24) is 49.5 Å². The molecule has 13 nitrogen and oxygen atoms in total. The fourth-order valence-electron chi connectivity index (χ4n) is 4.62. The van der Waals surface area contributed by atoms with E-state index in [1.807, 2.05) is 42.9 Å². The third-order valence-electron chi connectivity index (χ3n) is 6.52. The highest BCUT2D eigenvalue weighted by Crippen LogP contribution is 2.38. The maximum Gasteiger partial charge on any atom is 0.262 e. The van der Waals surface area contributed by atoms with Crippen molar-refractivity contribution in [2.24, 2.45) is 14.1 Å². The largest absolute Gasteiger partial charge is 0.383 e. The Morgan fingerprint density at radius 2 is 2.05 bits per heavy atom. The van der Waals surface area contributed by atoms with Crippen LogP contribution in [0.4, 0.5) is 11.6 Å². The quantitative estimate of drug-likeness (QED) is 0.340. The summed E-state index contributed by atoms with van der Waals surface area (Å²) < 4.78 is 3.57. The van der Waals surface area contributed by atoms with Crippen molar-refractivity contribution < 1.29 is 0 Å². The maximum atomic E-state index is 14.0. The molecule has 37 heavy (non-hydrogen) atoms. The summed E-state index contributed by atoms with van der Waals surface area (Å²) >= 11 is 0. The predicted molar refractivity (Wildman–Crippen MR) is 137 cm³/mol. The molecule has 1 aromatic carbocycles. The fourth-order valence-corrected chi connectivity index (χ4v) is 4.62. The molecule has 13 heteroatoms. The van der Waals surface area contributed by atoms with Crippen LogP contribution in [0.5, 0.6) is 0 Å². The van der Waals surface area contributed by atoms with Crippen LogP contribution in [0.25, 0.3) is 33.4 Å². The van der Waals surface area contributed by atoms with Gasteiger partial charge in [0.2, 0.25) is 5.82 Å². The lowest BCUT2D eigenvalue weighted by Crippen LogP contribution is -2.29.